The Hall–Kier alpha value is -1.97. The molecule has 0 aromatic heterocycles. The van der Waals surface area contributed by atoms with Gasteiger partial charge in [-0.05, 0) is 57.4 Å². The van der Waals surface area contributed by atoms with E-state index in [0.29, 0.717) is 11.8 Å². The molecule has 1 fully saturated rings. The highest BCUT2D eigenvalue weighted by molar-refractivity contribution is 5.92. The van der Waals surface area contributed by atoms with Crippen molar-refractivity contribution >= 4 is 12.0 Å². The minimum atomic E-state index is 0.0884. The molecule has 4 heteroatoms. The minimum Gasteiger partial charge on any atom is -0.493 e. The van der Waals surface area contributed by atoms with Crippen molar-refractivity contribution in [2.24, 2.45) is 0 Å². The van der Waals surface area contributed by atoms with E-state index >= 15 is 0 Å². The molecule has 0 unspecified atom stereocenters. The maximum absolute atomic E-state index is 12.6. The first-order valence-electron chi connectivity index (χ1n) is 9.38. The summed E-state index contributed by atoms with van der Waals surface area (Å²) in [7, 11) is 1.63. The van der Waals surface area contributed by atoms with Gasteiger partial charge >= 0.3 is 0 Å². The van der Waals surface area contributed by atoms with Crippen LogP contribution < -0.4 is 9.47 Å². The van der Waals surface area contributed by atoms with Gasteiger partial charge in [-0.1, -0.05) is 25.3 Å². The fourth-order valence-corrected chi connectivity index (χ4v) is 3.39. The molecule has 1 aliphatic rings. The summed E-state index contributed by atoms with van der Waals surface area (Å²) in [4.78, 5) is 14.6. The Morgan fingerprint density at radius 2 is 1.96 bits per heavy atom. The van der Waals surface area contributed by atoms with Crippen molar-refractivity contribution in [1.82, 2.24) is 4.90 Å². The van der Waals surface area contributed by atoms with Gasteiger partial charge in [0.1, 0.15) is 0 Å². The van der Waals surface area contributed by atoms with Crippen molar-refractivity contribution in [3.05, 3.63) is 29.8 Å². The molecular formula is C21H31NO3. The highest BCUT2D eigenvalue weighted by Crippen LogP contribution is 2.29. The van der Waals surface area contributed by atoms with Crippen LogP contribution in [0.2, 0.25) is 0 Å². The highest BCUT2D eigenvalue weighted by atomic mass is 16.5. The summed E-state index contributed by atoms with van der Waals surface area (Å²) in [5, 5.41) is 0. The monoisotopic (exact) mass is 345 g/mol. The average molecular weight is 345 g/mol. The van der Waals surface area contributed by atoms with Crippen LogP contribution >= 0.6 is 0 Å². The first-order chi connectivity index (χ1) is 12.0. The maximum Gasteiger partial charge on any atom is 0.246 e. The van der Waals surface area contributed by atoms with E-state index in [1.807, 2.05) is 43.0 Å². The molecule has 0 saturated heterocycles. The molecule has 1 amide bonds. The number of rotatable bonds is 7. The van der Waals surface area contributed by atoms with Crippen molar-refractivity contribution in [2.75, 3.05) is 13.7 Å². The molecular weight excluding hydrogens is 314 g/mol. The maximum atomic E-state index is 12.6. The number of likely N-dealkylation sites (N-methyl/N-ethyl adjacent to an activating group) is 1. The third-order valence-electron chi connectivity index (χ3n) is 4.61. The van der Waals surface area contributed by atoms with Crippen molar-refractivity contribution in [3.63, 3.8) is 0 Å². The molecule has 0 aliphatic heterocycles. The summed E-state index contributed by atoms with van der Waals surface area (Å²) in [5.41, 5.74) is 0.931. The second-order valence-corrected chi connectivity index (χ2v) is 6.83. The molecule has 1 aromatic rings. The molecule has 1 aromatic carbocycles. The van der Waals surface area contributed by atoms with Crippen LogP contribution in [0.4, 0.5) is 0 Å². The summed E-state index contributed by atoms with van der Waals surface area (Å²) < 4.78 is 11.1. The van der Waals surface area contributed by atoms with E-state index in [0.717, 1.165) is 30.7 Å². The normalized spacial score (nSPS) is 15.6. The number of hydrogen-bond donors (Lipinski definition) is 0. The Morgan fingerprint density at radius 1 is 1.24 bits per heavy atom. The smallest absolute Gasteiger partial charge is 0.246 e. The van der Waals surface area contributed by atoms with Gasteiger partial charge in [-0.2, -0.15) is 0 Å². The SMILES string of the molecule is CCN(C(=O)/C=C/c1ccc(OC(C)C)c(OC)c1)C1CCCCC1. The largest absolute Gasteiger partial charge is 0.493 e. The van der Waals surface area contributed by atoms with Gasteiger partial charge in [0.15, 0.2) is 11.5 Å². The van der Waals surface area contributed by atoms with Crippen LogP contribution in [0, 0.1) is 0 Å². The number of hydrogen-bond acceptors (Lipinski definition) is 3. The van der Waals surface area contributed by atoms with Crippen LogP contribution in [0.5, 0.6) is 11.5 Å². The Morgan fingerprint density at radius 3 is 2.56 bits per heavy atom. The highest BCUT2D eigenvalue weighted by Gasteiger charge is 2.22. The van der Waals surface area contributed by atoms with E-state index in [1.54, 1.807) is 13.2 Å². The zero-order chi connectivity index (χ0) is 18.2. The number of amides is 1. The van der Waals surface area contributed by atoms with Crippen molar-refractivity contribution in [1.29, 1.82) is 0 Å². The van der Waals surface area contributed by atoms with Crippen LogP contribution in [0.1, 0.15) is 58.4 Å². The third-order valence-corrected chi connectivity index (χ3v) is 4.61. The second-order valence-electron chi connectivity index (χ2n) is 6.83. The molecule has 0 spiro atoms. The van der Waals surface area contributed by atoms with E-state index in [4.69, 9.17) is 9.47 Å². The summed E-state index contributed by atoms with van der Waals surface area (Å²) in [6, 6.07) is 6.13. The molecule has 0 heterocycles. The fraction of sp³-hybridized carbons (Fsp3) is 0.571. The number of methoxy groups -OCH3 is 1. The standard InChI is InChI=1S/C21H31NO3/c1-5-22(18-9-7-6-8-10-18)21(23)14-12-17-11-13-19(25-16(2)3)20(15-17)24-4/h11-16,18H,5-10H2,1-4H3/b14-12+. The summed E-state index contributed by atoms with van der Waals surface area (Å²) >= 11 is 0. The predicted molar refractivity (Wildman–Crippen MR) is 102 cm³/mol. The van der Waals surface area contributed by atoms with Gasteiger partial charge in [-0.3, -0.25) is 4.79 Å². The lowest BCUT2D eigenvalue weighted by atomic mass is 9.94. The van der Waals surface area contributed by atoms with E-state index in [2.05, 4.69) is 6.92 Å². The molecule has 1 saturated carbocycles. The van der Waals surface area contributed by atoms with Gasteiger partial charge in [0.05, 0.1) is 13.2 Å². The Kier molecular flexibility index (Phi) is 7.35. The molecule has 138 valence electrons. The van der Waals surface area contributed by atoms with Crippen molar-refractivity contribution < 1.29 is 14.3 Å². The number of nitrogens with zero attached hydrogens (tertiary/aromatic N) is 1. The molecule has 2 rings (SSSR count). The van der Waals surface area contributed by atoms with Crippen molar-refractivity contribution in [2.45, 2.75) is 65.0 Å². The van der Waals surface area contributed by atoms with Crippen LogP contribution in [0.3, 0.4) is 0 Å². The van der Waals surface area contributed by atoms with E-state index in [-0.39, 0.29) is 12.0 Å². The first kappa shape index (κ1) is 19.4. The van der Waals surface area contributed by atoms with Gasteiger partial charge in [-0.25, -0.2) is 0 Å². The zero-order valence-electron chi connectivity index (χ0n) is 16.0. The third kappa shape index (κ3) is 5.52. The van der Waals surface area contributed by atoms with Crippen LogP contribution in [0.25, 0.3) is 6.08 Å². The number of carbonyl (C=O) groups is 1. The first-order valence-corrected chi connectivity index (χ1v) is 9.38. The zero-order valence-corrected chi connectivity index (χ0v) is 16.0. The number of carbonyl (C=O) groups excluding carboxylic acids is 1. The number of benzene rings is 1. The van der Waals surface area contributed by atoms with Crippen molar-refractivity contribution in [3.8, 4) is 11.5 Å². The lowest BCUT2D eigenvalue weighted by Crippen LogP contribution is -2.40. The predicted octanol–water partition coefficient (Wildman–Crippen LogP) is 4.68. The molecule has 0 bridgehead atoms. The molecule has 1 aliphatic carbocycles. The van der Waals surface area contributed by atoms with E-state index in [1.165, 1.54) is 19.3 Å². The number of ether oxygens (including phenoxy) is 2. The lowest BCUT2D eigenvalue weighted by Gasteiger charge is -2.32. The van der Waals surface area contributed by atoms with Gasteiger partial charge in [-0.15, -0.1) is 0 Å². The Balaban J connectivity index is 2.07. The summed E-state index contributed by atoms with van der Waals surface area (Å²) in [6.07, 6.45) is 9.63. The van der Waals surface area contributed by atoms with Crippen LogP contribution in [-0.2, 0) is 4.79 Å². The van der Waals surface area contributed by atoms with Gasteiger partial charge in [0, 0.05) is 18.7 Å². The minimum absolute atomic E-state index is 0.0884. The fourth-order valence-electron chi connectivity index (χ4n) is 3.39. The van der Waals surface area contributed by atoms with Gasteiger partial charge in [0.25, 0.3) is 0 Å². The topological polar surface area (TPSA) is 38.8 Å². The summed E-state index contributed by atoms with van der Waals surface area (Å²) in [6.45, 7) is 6.78. The molecule has 25 heavy (non-hydrogen) atoms. The van der Waals surface area contributed by atoms with Gasteiger partial charge in [0.2, 0.25) is 5.91 Å². The average Bonchev–Trinajstić information content (AvgIpc) is 2.62. The molecule has 0 atom stereocenters. The Labute approximate surface area is 151 Å². The molecule has 0 N–H and O–H groups in total. The van der Waals surface area contributed by atoms with Gasteiger partial charge < -0.3 is 14.4 Å². The van der Waals surface area contributed by atoms with E-state index in [9.17, 15) is 4.79 Å². The van der Waals surface area contributed by atoms with E-state index < -0.39 is 0 Å². The quantitative estimate of drug-likeness (QED) is 0.674. The molecule has 0 radical (unpaired) electrons. The Bertz CT molecular complexity index is 589. The summed E-state index contributed by atoms with van der Waals surface area (Å²) in [5.74, 6) is 1.50. The lowest BCUT2D eigenvalue weighted by molar-refractivity contribution is -0.128. The second kappa shape index (κ2) is 9.50. The van der Waals surface area contributed by atoms with Crippen LogP contribution in [-0.4, -0.2) is 36.6 Å². The molecule has 4 nitrogen and oxygen atoms in total. The van der Waals surface area contributed by atoms with Crippen LogP contribution in [0.15, 0.2) is 24.3 Å².